The van der Waals surface area contributed by atoms with E-state index in [2.05, 4.69) is 0 Å². The monoisotopic (exact) mass is 299 g/mol. The first kappa shape index (κ1) is 12.8. The van der Waals surface area contributed by atoms with Crippen LogP contribution in [0.3, 0.4) is 0 Å². The van der Waals surface area contributed by atoms with Crippen molar-refractivity contribution in [3.05, 3.63) is 21.9 Å². The zero-order chi connectivity index (χ0) is 13.8. The summed E-state index contributed by atoms with van der Waals surface area (Å²) in [6.07, 6.45) is 0.555. The first-order chi connectivity index (χ1) is 8.88. The number of Topliss-reactive ketones (excluding diaryl/α,β-unsaturated/α-hetero) is 1. The molecule has 0 radical (unpaired) electrons. The summed E-state index contributed by atoms with van der Waals surface area (Å²) in [4.78, 5) is 26.2. The maximum Gasteiger partial charge on any atom is 0.264 e. The van der Waals surface area contributed by atoms with Crippen molar-refractivity contribution in [3.8, 4) is 0 Å². The van der Waals surface area contributed by atoms with Gasteiger partial charge in [0, 0.05) is 12.6 Å². The average molecular weight is 299 g/mol. The average Bonchev–Trinajstić information content (AvgIpc) is 2.99. The third-order valence-corrected chi connectivity index (χ3v) is 7.11. The van der Waals surface area contributed by atoms with Crippen LogP contribution in [0.1, 0.15) is 32.7 Å². The second kappa shape index (κ2) is 4.14. The van der Waals surface area contributed by atoms with Crippen LogP contribution in [-0.4, -0.2) is 48.6 Å². The fourth-order valence-corrected chi connectivity index (χ4v) is 5.61. The van der Waals surface area contributed by atoms with Crippen molar-refractivity contribution < 1.29 is 18.0 Å². The largest absolute Gasteiger partial charge is 0.333 e. The molecule has 2 aliphatic heterocycles. The number of likely N-dealkylation sites (tertiary alicyclic amines) is 1. The van der Waals surface area contributed by atoms with E-state index in [0.29, 0.717) is 22.7 Å². The van der Waals surface area contributed by atoms with Crippen LogP contribution in [0.4, 0.5) is 0 Å². The van der Waals surface area contributed by atoms with Gasteiger partial charge in [0.25, 0.3) is 5.91 Å². The number of hydrogen-bond donors (Lipinski definition) is 0. The third kappa shape index (κ3) is 2.01. The van der Waals surface area contributed by atoms with Crippen LogP contribution in [0.15, 0.2) is 12.1 Å². The minimum absolute atomic E-state index is 0.0606. The van der Waals surface area contributed by atoms with Crippen LogP contribution in [-0.2, 0) is 9.84 Å². The summed E-state index contributed by atoms with van der Waals surface area (Å²) in [6, 6.07) is 3.10. The molecule has 3 rings (SSSR count). The number of carbonyl (C=O) groups excluding carboxylic acids is 2. The van der Waals surface area contributed by atoms with Gasteiger partial charge in [-0.3, -0.25) is 9.59 Å². The Kier molecular flexibility index (Phi) is 2.79. The van der Waals surface area contributed by atoms with E-state index >= 15 is 0 Å². The van der Waals surface area contributed by atoms with E-state index in [1.165, 1.54) is 18.3 Å². The van der Waals surface area contributed by atoms with E-state index in [-0.39, 0.29) is 23.5 Å². The maximum atomic E-state index is 12.3. The van der Waals surface area contributed by atoms with Gasteiger partial charge in [0.15, 0.2) is 15.6 Å². The van der Waals surface area contributed by atoms with Crippen LogP contribution in [0.5, 0.6) is 0 Å². The summed E-state index contributed by atoms with van der Waals surface area (Å²) < 4.78 is 23.3. The lowest BCUT2D eigenvalue weighted by Gasteiger charge is -2.26. The second-order valence-electron chi connectivity index (χ2n) is 5.02. The van der Waals surface area contributed by atoms with E-state index < -0.39 is 15.1 Å². The smallest absolute Gasteiger partial charge is 0.264 e. The molecular formula is C12H13NO4S2. The molecule has 0 aliphatic carbocycles. The molecule has 2 atom stereocenters. The van der Waals surface area contributed by atoms with Crippen LogP contribution in [0.2, 0.25) is 0 Å². The topological polar surface area (TPSA) is 71.5 Å². The van der Waals surface area contributed by atoms with E-state index in [0.717, 1.165) is 0 Å². The number of sulfone groups is 1. The Morgan fingerprint density at radius 3 is 2.47 bits per heavy atom. The zero-order valence-electron chi connectivity index (χ0n) is 10.3. The number of rotatable bonds is 2. The standard InChI is InChI=1S/C12H13NO4S2/c1-7(14)10-2-3-11(18-10)12(15)13-5-9-4-8(13)6-19(9,16)17/h2-3,8-9H,4-6H2,1H3. The highest BCUT2D eigenvalue weighted by molar-refractivity contribution is 7.92. The molecule has 0 aromatic carbocycles. The van der Waals surface area contributed by atoms with Crippen molar-refractivity contribution in [1.29, 1.82) is 0 Å². The van der Waals surface area contributed by atoms with Crippen LogP contribution >= 0.6 is 11.3 Å². The molecule has 0 spiro atoms. The van der Waals surface area contributed by atoms with Gasteiger partial charge in [0.05, 0.1) is 20.8 Å². The number of amides is 1. The normalized spacial score (nSPS) is 27.7. The zero-order valence-corrected chi connectivity index (χ0v) is 12.0. The molecule has 1 amide bonds. The third-order valence-electron chi connectivity index (χ3n) is 3.73. The molecule has 2 bridgehead atoms. The minimum atomic E-state index is -2.99. The Labute approximate surface area is 115 Å². The summed E-state index contributed by atoms with van der Waals surface area (Å²) >= 11 is 1.17. The van der Waals surface area contributed by atoms with Gasteiger partial charge >= 0.3 is 0 Å². The molecule has 1 aromatic heterocycles. The highest BCUT2D eigenvalue weighted by Gasteiger charge is 2.50. The lowest BCUT2D eigenvalue weighted by molar-refractivity contribution is 0.0750. The lowest BCUT2D eigenvalue weighted by atomic mass is 10.2. The minimum Gasteiger partial charge on any atom is -0.333 e. The number of fused-ring (bicyclic) bond motifs is 2. The number of nitrogens with zero attached hydrogens (tertiary/aromatic N) is 1. The summed E-state index contributed by atoms with van der Waals surface area (Å²) in [7, 11) is -2.99. The van der Waals surface area contributed by atoms with E-state index in [1.807, 2.05) is 0 Å². The maximum absolute atomic E-state index is 12.3. The SMILES string of the molecule is CC(=O)c1ccc(C(=O)N2CC3CC2CS3(=O)=O)s1. The molecule has 2 saturated heterocycles. The van der Waals surface area contributed by atoms with Gasteiger partial charge in [0.2, 0.25) is 0 Å². The highest BCUT2D eigenvalue weighted by Crippen LogP contribution is 2.34. The Bertz CT molecular complexity index is 661. The van der Waals surface area contributed by atoms with Crippen LogP contribution in [0, 0.1) is 0 Å². The van der Waals surface area contributed by atoms with Crippen molar-refractivity contribution in [2.24, 2.45) is 0 Å². The molecule has 7 heteroatoms. The van der Waals surface area contributed by atoms with Crippen molar-refractivity contribution in [2.75, 3.05) is 12.3 Å². The Morgan fingerprint density at radius 2 is 2.00 bits per heavy atom. The molecule has 2 aliphatic rings. The molecular weight excluding hydrogens is 286 g/mol. The molecule has 0 N–H and O–H groups in total. The van der Waals surface area contributed by atoms with Crippen LogP contribution < -0.4 is 0 Å². The van der Waals surface area contributed by atoms with Crippen LogP contribution in [0.25, 0.3) is 0 Å². The van der Waals surface area contributed by atoms with Gasteiger partial charge in [0.1, 0.15) is 0 Å². The first-order valence-electron chi connectivity index (χ1n) is 6.02. The number of thiophene rings is 1. The fourth-order valence-electron chi connectivity index (χ4n) is 2.73. The van der Waals surface area contributed by atoms with Gasteiger partial charge in [-0.1, -0.05) is 0 Å². The summed E-state index contributed by atoms with van der Waals surface area (Å²) in [5.74, 6) is -0.136. The molecule has 19 heavy (non-hydrogen) atoms. The number of carbonyl (C=O) groups is 2. The summed E-state index contributed by atoms with van der Waals surface area (Å²) in [5, 5.41) is -0.395. The molecule has 3 heterocycles. The quantitative estimate of drug-likeness (QED) is 0.763. The van der Waals surface area contributed by atoms with Crippen molar-refractivity contribution in [2.45, 2.75) is 24.6 Å². The van der Waals surface area contributed by atoms with Gasteiger partial charge in [-0.2, -0.15) is 0 Å². The Balaban J connectivity index is 1.81. The highest BCUT2D eigenvalue weighted by atomic mass is 32.2. The molecule has 5 nitrogen and oxygen atoms in total. The van der Waals surface area contributed by atoms with Gasteiger partial charge < -0.3 is 4.90 Å². The Hall–Kier alpha value is -1.21. The van der Waals surface area contributed by atoms with Gasteiger partial charge in [-0.05, 0) is 25.5 Å². The first-order valence-corrected chi connectivity index (χ1v) is 8.55. The fraction of sp³-hybridized carbons (Fsp3) is 0.500. The van der Waals surface area contributed by atoms with E-state index in [1.54, 1.807) is 17.0 Å². The van der Waals surface area contributed by atoms with Crippen molar-refractivity contribution >= 4 is 32.9 Å². The van der Waals surface area contributed by atoms with Crippen molar-refractivity contribution in [1.82, 2.24) is 4.90 Å². The number of hydrogen-bond acceptors (Lipinski definition) is 5. The molecule has 2 fully saturated rings. The van der Waals surface area contributed by atoms with Crippen molar-refractivity contribution in [3.63, 3.8) is 0 Å². The van der Waals surface area contributed by atoms with E-state index in [4.69, 9.17) is 0 Å². The summed E-state index contributed by atoms with van der Waals surface area (Å²) in [5.41, 5.74) is 0. The second-order valence-corrected chi connectivity index (χ2v) is 8.43. The number of ketones is 1. The lowest BCUT2D eigenvalue weighted by Crippen LogP contribution is -2.43. The molecule has 1 aromatic rings. The molecule has 102 valence electrons. The van der Waals surface area contributed by atoms with E-state index in [9.17, 15) is 18.0 Å². The van der Waals surface area contributed by atoms with Gasteiger partial charge in [-0.25, -0.2) is 8.42 Å². The summed E-state index contributed by atoms with van der Waals surface area (Å²) in [6.45, 7) is 1.75. The molecule has 0 saturated carbocycles. The molecule has 2 unspecified atom stereocenters. The predicted octanol–water partition coefficient (Wildman–Crippen LogP) is 0.962. The van der Waals surface area contributed by atoms with Gasteiger partial charge in [-0.15, -0.1) is 11.3 Å². The Morgan fingerprint density at radius 1 is 1.32 bits per heavy atom. The predicted molar refractivity (Wildman–Crippen MR) is 71.3 cm³/mol.